The first-order valence-corrected chi connectivity index (χ1v) is 12.2. The van der Waals surface area contributed by atoms with Crippen LogP contribution >= 0.6 is 11.6 Å². The average molecular weight is 512 g/mol. The molecule has 0 saturated carbocycles. The number of rotatable bonds is 10. The maximum atomic E-state index is 14.5. The van der Waals surface area contributed by atoms with Crippen molar-refractivity contribution in [2.24, 2.45) is 0 Å². The van der Waals surface area contributed by atoms with Gasteiger partial charge in [-0.1, -0.05) is 11.6 Å². The molecule has 1 atom stereocenters. The molecule has 0 aromatic heterocycles. The van der Waals surface area contributed by atoms with E-state index in [9.17, 15) is 26.2 Å². The number of carbonyl (C=O) groups is 1. The summed E-state index contributed by atoms with van der Waals surface area (Å²) in [4.78, 5) is 11.2. The van der Waals surface area contributed by atoms with Crippen molar-refractivity contribution >= 4 is 38.5 Å². The molecule has 0 aliphatic heterocycles. The lowest BCUT2D eigenvalue weighted by Gasteiger charge is -2.23. The lowest BCUT2D eigenvalue weighted by molar-refractivity contribution is -0.129. The SMILES string of the molecule is CN(CCN(CC(=O)NO)S(=O)c1cc(F)c(Oc2ccc(Cl)cc2)c(F)c1)S(C)(=O)=O. The van der Waals surface area contributed by atoms with Crippen molar-refractivity contribution < 1.29 is 36.1 Å². The Kier molecular flexibility index (Phi) is 9.07. The van der Waals surface area contributed by atoms with Crippen LogP contribution in [0.2, 0.25) is 5.02 Å². The van der Waals surface area contributed by atoms with Crippen LogP contribution in [0.15, 0.2) is 41.3 Å². The van der Waals surface area contributed by atoms with Crippen LogP contribution in [-0.4, -0.2) is 65.3 Å². The molecule has 0 bridgehead atoms. The Morgan fingerprint density at radius 3 is 2.25 bits per heavy atom. The maximum Gasteiger partial charge on any atom is 0.258 e. The van der Waals surface area contributed by atoms with Gasteiger partial charge in [0.2, 0.25) is 10.0 Å². The monoisotopic (exact) mass is 511 g/mol. The van der Waals surface area contributed by atoms with Gasteiger partial charge in [0, 0.05) is 25.2 Å². The molecule has 0 radical (unpaired) electrons. The van der Waals surface area contributed by atoms with Crippen molar-refractivity contribution in [3.8, 4) is 11.5 Å². The van der Waals surface area contributed by atoms with Gasteiger partial charge in [-0.05, 0) is 36.4 Å². The van der Waals surface area contributed by atoms with E-state index in [1.54, 1.807) is 0 Å². The van der Waals surface area contributed by atoms with E-state index in [2.05, 4.69) is 0 Å². The molecular weight excluding hydrogens is 492 g/mol. The van der Waals surface area contributed by atoms with Crippen molar-refractivity contribution in [3.05, 3.63) is 53.1 Å². The van der Waals surface area contributed by atoms with E-state index >= 15 is 0 Å². The van der Waals surface area contributed by atoms with Crippen LogP contribution in [0.5, 0.6) is 11.5 Å². The third kappa shape index (κ3) is 7.18. The molecular formula is C18H20ClF2N3O6S2. The van der Waals surface area contributed by atoms with Crippen molar-refractivity contribution in [1.29, 1.82) is 0 Å². The summed E-state index contributed by atoms with van der Waals surface area (Å²) in [5.74, 6) is -3.87. The summed E-state index contributed by atoms with van der Waals surface area (Å²) in [7, 11) is -4.57. The minimum Gasteiger partial charge on any atom is -0.451 e. The highest BCUT2D eigenvalue weighted by Gasteiger charge is 2.24. The summed E-state index contributed by atoms with van der Waals surface area (Å²) in [6.07, 6.45) is 0.957. The third-order valence-electron chi connectivity index (χ3n) is 4.12. The second-order valence-electron chi connectivity index (χ2n) is 6.50. The maximum absolute atomic E-state index is 14.5. The van der Waals surface area contributed by atoms with Crippen LogP contribution in [0, 0.1) is 11.6 Å². The Morgan fingerprint density at radius 1 is 1.19 bits per heavy atom. The number of hydrogen-bond donors (Lipinski definition) is 2. The molecule has 1 unspecified atom stereocenters. The molecule has 0 fully saturated rings. The predicted molar refractivity (Wildman–Crippen MR) is 113 cm³/mol. The van der Waals surface area contributed by atoms with Gasteiger partial charge in [-0.2, -0.15) is 0 Å². The van der Waals surface area contributed by atoms with Gasteiger partial charge in [-0.25, -0.2) is 35.5 Å². The highest BCUT2D eigenvalue weighted by molar-refractivity contribution is 7.88. The summed E-state index contributed by atoms with van der Waals surface area (Å²) in [6, 6.07) is 7.28. The number of sulfonamides is 1. The highest BCUT2D eigenvalue weighted by Crippen LogP contribution is 2.30. The van der Waals surface area contributed by atoms with Gasteiger partial charge < -0.3 is 4.74 Å². The minimum atomic E-state index is -3.56. The standard InChI is InChI=1S/C18H20ClF2N3O6S2/c1-23(32(2,28)29)7-8-24(11-17(25)22-26)31(27)14-9-15(20)18(16(21)10-14)30-13-5-3-12(19)4-6-13/h3-6,9-10,26H,7-8,11H2,1-2H3,(H,22,25). The van der Waals surface area contributed by atoms with E-state index in [0.29, 0.717) is 5.02 Å². The van der Waals surface area contributed by atoms with Gasteiger partial charge >= 0.3 is 0 Å². The zero-order valence-corrected chi connectivity index (χ0v) is 19.3. The summed E-state index contributed by atoms with van der Waals surface area (Å²) >= 11 is 5.76. The molecule has 0 spiro atoms. The van der Waals surface area contributed by atoms with E-state index in [4.69, 9.17) is 21.5 Å². The van der Waals surface area contributed by atoms with E-state index < -0.39 is 50.8 Å². The van der Waals surface area contributed by atoms with Crippen LogP contribution in [0.1, 0.15) is 0 Å². The van der Waals surface area contributed by atoms with Gasteiger partial charge in [-0.3, -0.25) is 10.0 Å². The van der Waals surface area contributed by atoms with Crippen LogP contribution in [0.3, 0.4) is 0 Å². The van der Waals surface area contributed by atoms with Crippen LogP contribution in [0.4, 0.5) is 8.78 Å². The van der Waals surface area contributed by atoms with Crippen LogP contribution < -0.4 is 10.2 Å². The first kappa shape index (κ1) is 26.1. The van der Waals surface area contributed by atoms with Crippen LogP contribution in [-0.2, 0) is 25.8 Å². The summed E-state index contributed by atoms with van der Waals surface area (Å²) in [5, 5.41) is 9.15. The number of carbonyl (C=O) groups excluding carboxylic acids is 1. The number of likely N-dealkylation sites (N-methyl/N-ethyl adjacent to an activating group) is 1. The summed E-state index contributed by atoms with van der Waals surface area (Å²) < 4.78 is 72.2. The van der Waals surface area contributed by atoms with Gasteiger partial charge in [0.25, 0.3) is 5.91 Å². The molecule has 9 nitrogen and oxygen atoms in total. The topological polar surface area (TPSA) is 116 Å². The molecule has 32 heavy (non-hydrogen) atoms. The fraction of sp³-hybridized carbons (Fsp3) is 0.278. The largest absolute Gasteiger partial charge is 0.451 e. The summed E-state index contributed by atoms with van der Waals surface area (Å²) in [6.45, 7) is -1.05. The van der Waals surface area contributed by atoms with Crippen LogP contribution in [0.25, 0.3) is 0 Å². The van der Waals surface area contributed by atoms with Gasteiger partial charge in [0.1, 0.15) is 16.7 Å². The Hall–Kier alpha value is -2.16. The van der Waals surface area contributed by atoms with Crippen molar-refractivity contribution in [2.45, 2.75) is 4.90 Å². The molecule has 2 N–H and O–H groups in total. The highest BCUT2D eigenvalue weighted by atomic mass is 35.5. The van der Waals surface area contributed by atoms with Gasteiger partial charge in [0.15, 0.2) is 17.4 Å². The molecule has 0 heterocycles. The molecule has 0 aliphatic carbocycles. The molecule has 2 aromatic carbocycles. The third-order valence-corrected chi connectivity index (χ3v) is 7.10. The molecule has 176 valence electrons. The molecule has 2 aromatic rings. The minimum absolute atomic E-state index is 0.117. The second kappa shape index (κ2) is 11.1. The normalized spacial score (nSPS) is 12.8. The lowest BCUT2D eigenvalue weighted by Crippen LogP contribution is -2.41. The first-order valence-electron chi connectivity index (χ1n) is 8.86. The molecule has 0 saturated heterocycles. The number of halogens is 3. The molecule has 1 amide bonds. The molecule has 14 heteroatoms. The number of nitrogens with one attached hydrogen (secondary N) is 1. The van der Waals surface area contributed by atoms with Crippen molar-refractivity contribution in [3.63, 3.8) is 0 Å². The second-order valence-corrected chi connectivity index (χ2v) is 10.5. The smallest absolute Gasteiger partial charge is 0.258 e. The Balaban J connectivity index is 2.27. The molecule has 0 aliphatic rings. The zero-order chi connectivity index (χ0) is 24.1. The zero-order valence-electron chi connectivity index (χ0n) is 16.9. The average Bonchev–Trinajstić information content (AvgIpc) is 2.73. The number of nitrogens with zero attached hydrogens (tertiary/aromatic N) is 2. The van der Waals surface area contributed by atoms with Crippen molar-refractivity contribution in [1.82, 2.24) is 14.1 Å². The fourth-order valence-corrected chi connectivity index (χ4v) is 4.07. The molecule has 2 rings (SSSR count). The summed E-state index contributed by atoms with van der Waals surface area (Å²) in [5.41, 5.74) is 1.36. The van der Waals surface area contributed by atoms with E-state index in [1.165, 1.54) is 36.8 Å². The van der Waals surface area contributed by atoms with Gasteiger partial charge in [0.05, 0.1) is 17.7 Å². The van der Waals surface area contributed by atoms with E-state index in [1.807, 2.05) is 0 Å². The van der Waals surface area contributed by atoms with E-state index in [-0.39, 0.29) is 23.7 Å². The quantitative estimate of drug-likeness (QED) is 0.373. The Morgan fingerprint density at radius 2 is 1.75 bits per heavy atom. The number of amides is 1. The number of hydrogen-bond acceptors (Lipinski definition) is 6. The number of hydroxylamine groups is 1. The Bertz CT molecular complexity index is 1080. The predicted octanol–water partition coefficient (Wildman–Crippen LogP) is 2.13. The Labute approximate surface area is 191 Å². The van der Waals surface area contributed by atoms with Crippen molar-refractivity contribution in [2.75, 3.05) is 32.9 Å². The van der Waals surface area contributed by atoms with Gasteiger partial charge in [-0.15, -0.1) is 0 Å². The number of benzene rings is 2. The fourth-order valence-electron chi connectivity index (χ4n) is 2.34. The lowest BCUT2D eigenvalue weighted by atomic mass is 10.3. The first-order chi connectivity index (χ1) is 14.9. The number of ether oxygens (including phenoxy) is 1. The van der Waals surface area contributed by atoms with E-state index in [0.717, 1.165) is 27.0 Å².